The van der Waals surface area contributed by atoms with Crippen molar-refractivity contribution in [3.05, 3.63) is 83.4 Å². The summed E-state index contributed by atoms with van der Waals surface area (Å²) in [7, 11) is -1.60. The van der Waals surface area contributed by atoms with Crippen LogP contribution in [-0.4, -0.2) is 38.9 Å². The fraction of sp³-hybridized carbons (Fsp3) is 0.240. The summed E-state index contributed by atoms with van der Waals surface area (Å²) in [6.45, 7) is -0.112. The number of hydrogen-bond donors (Lipinski definition) is 1. The van der Waals surface area contributed by atoms with Crippen LogP contribution in [0.4, 0.5) is 18.9 Å². The molecular weight excluding hydrogens is 497 g/mol. The van der Waals surface area contributed by atoms with Gasteiger partial charge in [0.1, 0.15) is 22.4 Å². The Balaban J connectivity index is 1.75. The molecule has 190 valence electrons. The summed E-state index contributed by atoms with van der Waals surface area (Å²) >= 11 is 0. The minimum absolute atomic E-state index is 0.0342. The maximum atomic E-state index is 13.9. The maximum absolute atomic E-state index is 13.9. The van der Waals surface area contributed by atoms with Crippen molar-refractivity contribution in [1.29, 1.82) is 0 Å². The summed E-state index contributed by atoms with van der Waals surface area (Å²) in [5, 5.41) is 2.46. The second-order valence-corrected chi connectivity index (χ2v) is 9.98. The highest BCUT2D eigenvalue weighted by atomic mass is 32.2. The highest BCUT2D eigenvalue weighted by Crippen LogP contribution is 2.36. The van der Waals surface area contributed by atoms with Crippen molar-refractivity contribution in [2.45, 2.75) is 30.1 Å². The fourth-order valence-corrected chi connectivity index (χ4v) is 5.82. The SMILES string of the molecule is COc1ccc(OC)c(S(=O)(=O)N2Cc3ccccc3C[C@H]2C(=O)Nc2cccc(C(F)(F)F)c2)c1. The first-order valence-electron chi connectivity index (χ1n) is 10.8. The van der Waals surface area contributed by atoms with Gasteiger partial charge in [0, 0.05) is 18.3 Å². The standard InChI is InChI=1S/C25H23F3N2O5S/c1-34-20-10-11-22(35-2)23(14-20)36(32,33)30-15-17-7-4-3-6-16(17)12-21(30)24(31)29-19-9-5-8-18(13-19)25(26,27)28/h3-11,13-14,21H,12,15H2,1-2H3,(H,29,31)/t21-/m0/s1. The van der Waals surface area contributed by atoms with E-state index in [0.29, 0.717) is 5.56 Å². The Morgan fingerprint density at radius 2 is 1.69 bits per heavy atom. The molecule has 0 saturated heterocycles. The molecule has 7 nitrogen and oxygen atoms in total. The van der Waals surface area contributed by atoms with Crippen LogP contribution in [0.15, 0.2) is 71.6 Å². The van der Waals surface area contributed by atoms with Crippen LogP contribution in [0.1, 0.15) is 16.7 Å². The predicted molar refractivity (Wildman–Crippen MR) is 126 cm³/mol. The lowest BCUT2D eigenvalue weighted by Crippen LogP contribution is -2.50. The molecule has 3 aromatic rings. The highest BCUT2D eigenvalue weighted by Gasteiger charge is 2.41. The van der Waals surface area contributed by atoms with Crippen molar-refractivity contribution < 1.29 is 35.9 Å². The number of carbonyl (C=O) groups is 1. The summed E-state index contributed by atoms with van der Waals surface area (Å²) in [6, 6.07) is 14.3. The van der Waals surface area contributed by atoms with Crippen molar-refractivity contribution in [2.24, 2.45) is 0 Å². The molecule has 0 unspecified atom stereocenters. The zero-order valence-electron chi connectivity index (χ0n) is 19.4. The number of nitrogens with one attached hydrogen (secondary N) is 1. The lowest BCUT2D eigenvalue weighted by atomic mass is 9.95. The van der Waals surface area contributed by atoms with E-state index in [9.17, 15) is 26.4 Å². The largest absolute Gasteiger partial charge is 0.497 e. The topological polar surface area (TPSA) is 84.9 Å². The van der Waals surface area contributed by atoms with Crippen molar-refractivity contribution in [1.82, 2.24) is 4.31 Å². The average Bonchev–Trinajstić information content (AvgIpc) is 2.87. The van der Waals surface area contributed by atoms with Crippen LogP contribution in [0, 0.1) is 0 Å². The van der Waals surface area contributed by atoms with Gasteiger partial charge in [0.15, 0.2) is 0 Å². The summed E-state index contributed by atoms with van der Waals surface area (Å²) in [5.74, 6) is -0.419. The molecule has 4 rings (SSSR count). The van der Waals surface area contributed by atoms with Gasteiger partial charge in [-0.15, -0.1) is 0 Å². The first kappa shape index (κ1) is 25.5. The molecule has 0 bridgehead atoms. The van der Waals surface area contributed by atoms with E-state index in [2.05, 4.69) is 5.32 Å². The number of benzene rings is 3. The minimum atomic E-state index is -4.59. The number of carbonyl (C=O) groups excluding carboxylic acids is 1. The third-order valence-corrected chi connectivity index (χ3v) is 7.80. The number of halogens is 3. The van der Waals surface area contributed by atoms with Crippen molar-refractivity contribution in [3.8, 4) is 11.5 Å². The van der Waals surface area contributed by atoms with Crippen LogP contribution in [0.5, 0.6) is 11.5 Å². The summed E-state index contributed by atoms with van der Waals surface area (Å²) in [6.07, 6.45) is -4.56. The van der Waals surface area contributed by atoms with Gasteiger partial charge < -0.3 is 14.8 Å². The van der Waals surface area contributed by atoms with Crippen LogP contribution in [0.25, 0.3) is 0 Å². The van der Waals surface area contributed by atoms with E-state index in [-0.39, 0.29) is 35.0 Å². The van der Waals surface area contributed by atoms with E-state index in [1.807, 2.05) is 0 Å². The Kier molecular flexibility index (Phi) is 6.96. The highest BCUT2D eigenvalue weighted by molar-refractivity contribution is 7.89. The third kappa shape index (κ3) is 5.02. The molecule has 1 atom stereocenters. The van der Waals surface area contributed by atoms with Gasteiger partial charge in [-0.3, -0.25) is 4.79 Å². The first-order valence-corrected chi connectivity index (χ1v) is 12.3. The van der Waals surface area contributed by atoms with Crippen molar-refractivity contribution >= 4 is 21.6 Å². The van der Waals surface area contributed by atoms with E-state index in [4.69, 9.17) is 9.47 Å². The second kappa shape index (κ2) is 9.82. The number of sulfonamides is 1. The van der Waals surface area contributed by atoms with E-state index in [1.54, 1.807) is 30.3 Å². The third-order valence-electron chi connectivity index (χ3n) is 5.92. The molecule has 0 aliphatic carbocycles. The summed E-state index contributed by atoms with van der Waals surface area (Å²) < 4.78 is 78.6. The normalized spacial score (nSPS) is 16.2. The average molecular weight is 521 g/mol. The molecule has 0 aromatic heterocycles. The molecule has 0 fully saturated rings. The summed E-state index contributed by atoms with van der Waals surface area (Å²) in [4.78, 5) is 13.2. The van der Waals surface area contributed by atoms with Crippen LogP contribution in [0.2, 0.25) is 0 Å². The molecule has 0 spiro atoms. The number of nitrogens with zero attached hydrogens (tertiary/aromatic N) is 1. The van der Waals surface area contributed by atoms with E-state index in [0.717, 1.165) is 22.0 Å². The van der Waals surface area contributed by atoms with Gasteiger partial charge in [-0.2, -0.15) is 17.5 Å². The quantitative estimate of drug-likeness (QED) is 0.518. The van der Waals surface area contributed by atoms with Gasteiger partial charge in [0.2, 0.25) is 15.9 Å². The second-order valence-electron chi connectivity index (χ2n) is 8.12. The molecule has 0 saturated carbocycles. The van der Waals surface area contributed by atoms with E-state index >= 15 is 0 Å². The number of hydrogen-bond acceptors (Lipinski definition) is 5. The molecule has 3 aromatic carbocycles. The van der Waals surface area contributed by atoms with Crippen molar-refractivity contribution in [3.63, 3.8) is 0 Å². The lowest BCUT2D eigenvalue weighted by Gasteiger charge is -2.35. The van der Waals surface area contributed by atoms with Crippen LogP contribution >= 0.6 is 0 Å². The first-order chi connectivity index (χ1) is 17.0. The number of ether oxygens (including phenoxy) is 2. The molecule has 1 aliphatic heterocycles. The number of amides is 1. The van der Waals surface area contributed by atoms with E-state index in [1.165, 1.54) is 38.5 Å². The molecule has 1 amide bonds. The number of alkyl halides is 3. The van der Waals surface area contributed by atoms with Gasteiger partial charge in [0.25, 0.3) is 0 Å². The van der Waals surface area contributed by atoms with Crippen LogP contribution in [0.3, 0.4) is 0 Å². The minimum Gasteiger partial charge on any atom is -0.497 e. The Morgan fingerprint density at radius 1 is 0.972 bits per heavy atom. The molecule has 1 N–H and O–H groups in total. The molecular formula is C25H23F3N2O5S. The smallest absolute Gasteiger partial charge is 0.416 e. The van der Waals surface area contributed by atoms with Gasteiger partial charge >= 0.3 is 6.18 Å². The fourth-order valence-electron chi connectivity index (χ4n) is 4.09. The monoisotopic (exact) mass is 520 g/mol. The Morgan fingerprint density at radius 3 is 2.36 bits per heavy atom. The summed E-state index contributed by atoms with van der Waals surface area (Å²) in [5.41, 5.74) is 0.460. The zero-order chi connectivity index (χ0) is 26.1. The Bertz CT molecular complexity index is 1390. The predicted octanol–water partition coefficient (Wildman–Crippen LogP) is 4.48. The van der Waals surface area contributed by atoms with Crippen molar-refractivity contribution in [2.75, 3.05) is 19.5 Å². The number of anilines is 1. The molecule has 1 aliphatic rings. The molecule has 36 heavy (non-hydrogen) atoms. The van der Waals surface area contributed by atoms with Gasteiger partial charge in [0.05, 0.1) is 19.8 Å². The maximum Gasteiger partial charge on any atom is 0.416 e. The Hall–Kier alpha value is -3.57. The van der Waals surface area contributed by atoms with Gasteiger partial charge in [-0.1, -0.05) is 30.3 Å². The molecule has 0 radical (unpaired) electrons. The van der Waals surface area contributed by atoms with Gasteiger partial charge in [-0.25, -0.2) is 8.42 Å². The molecule has 1 heterocycles. The zero-order valence-corrected chi connectivity index (χ0v) is 20.2. The van der Waals surface area contributed by atoms with Crippen LogP contribution < -0.4 is 14.8 Å². The van der Waals surface area contributed by atoms with Gasteiger partial charge in [-0.05, 0) is 47.9 Å². The van der Waals surface area contributed by atoms with Crippen LogP contribution in [-0.2, 0) is 34.0 Å². The number of methoxy groups -OCH3 is 2. The Labute approximate surface area is 206 Å². The molecule has 11 heteroatoms. The lowest BCUT2D eigenvalue weighted by molar-refractivity contribution is -0.137. The number of rotatable bonds is 6. The van der Waals surface area contributed by atoms with E-state index < -0.39 is 33.7 Å². The number of fused-ring (bicyclic) bond motifs is 1.